The van der Waals surface area contributed by atoms with E-state index >= 15 is 0 Å². The number of aryl methyl sites for hydroxylation is 1. The van der Waals surface area contributed by atoms with Gasteiger partial charge in [-0.05, 0) is 67.8 Å². The zero-order valence-electron chi connectivity index (χ0n) is 19.1. The summed E-state index contributed by atoms with van der Waals surface area (Å²) < 4.78 is 12.6. The van der Waals surface area contributed by atoms with E-state index in [0.717, 1.165) is 16.9 Å². The third kappa shape index (κ3) is 4.91. The molecule has 0 N–H and O–H groups in total. The summed E-state index contributed by atoms with van der Waals surface area (Å²) >= 11 is 0. The van der Waals surface area contributed by atoms with Crippen LogP contribution in [0.3, 0.4) is 0 Å². The number of nitrogens with zero attached hydrogens (tertiary/aromatic N) is 3. The summed E-state index contributed by atoms with van der Waals surface area (Å²) in [7, 11) is 1.60. The molecule has 0 saturated heterocycles. The molecule has 4 aromatic rings. The summed E-state index contributed by atoms with van der Waals surface area (Å²) in [6, 6.07) is 19.6. The van der Waals surface area contributed by atoms with Crippen molar-refractivity contribution in [3.63, 3.8) is 0 Å². The molecule has 0 saturated carbocycles. The molecule has 0 aliphatic rings. The minimum Gasteiger partial charge on any atom is -0.497 e. The van der Waals surface area contributed by atoms with Gasteiger partial charge in [0, 0.05) is 18.2 Å². The van der Waals surface area contributed by atoms with E-state index in [4.69, 9.17) is 14.5 Å². The van der Waals surface area contributed by atoms with Crippen LogP contribution in [0.25, 0.3) is 22.3 Å². The second-order valence-corrected chi connectivity index (χ2v) is 7.92. The predicted molar refractivity (Wildman–Crippen MR) is 131 cm³/mol. The fourth-order valence-electron chi connectivity index (χ4n) is 3.78. The zero-order valence-corrected chi connectivity index (χ0v) is 19.1. The molecule has 4 rings (SSSR count). The van der Waals surface area contributed by atoms with E-state index in [-0.39, 0.29) is 17.0 Å². The van der Waals surface area contributed by atoms with Crippen molar-refractivity contribution in [1.82, 2.24) is 9.55 Å². The molecule has 8 nitrogen and oxygen atoms in total. The first kappa shape index (κ1) is 23.0. The van der Waals surface area contributed by atoms with Crippen LogP contribution in [0, 0.1) is 17.0 Å². The Labute approximate surface area is 196 Å². The van der Waals surface area contributed by atoms with Gasteiger partial charge in [-0.15, -0.1) is 0 Å². The third-order valence-corrected chi connectivity index (χ3v) is 5.55. The average molecular weight is 460 g/mol. The number of aromatic nitrogens is 2. The number of fused-ring (bicyclic) bond motifs is 1. The molecule has 174 valence electrons. The van der Waals surface area contributed by atoms with Crippen LogP contribution in [0.5, 0.6) is 11.5 Å². The summed E-state index contributed by atoms with van der Waals surface area (Å²) in [5.41, 5.74) is 2.11. The van der Waals surface area contributed by atoms with E-state index in [1.54, 1.807) is 36.8 Å². The van der Waals surface area contributed by atoms with E-state index in [1.807, 2.05) is 42.5 Å². The molecule has 0 radical (unpaired) electrons. The summed E-state index contributed by atoms with van der Waals surface area (Å²) in [6.45, 7) is 2.54. The summed E-state index contributed by atoms with van der Waals surface area (Å²) in [5.74, 6) is 1.56. The van der Waals surface area contributed by atoms with E-state index < -0.39 is 4.92 Å². The molecule has 0 bridgehead atoms. The summed E-state index contributed by atoms with van der Waals surface area (Å²) in [4.78, 5) is 28.9. The lowest BCUT2D eigenvalue weighted by Crippen LogP contribution is -2.24. The lowest BCUT2D eigenvalue weighted by Gasteiger charge is -2.14. The molecule has 0 fully saturated rings. The predicted octanol–water partition coefficient (Wildman–Crippen LogP) is 5.15. The Balaban J connectivity index is 1.53. The fourth-order valence-corrected chi connectivity index (χ4v) is 3.78. The highest BCUT2D eigenvalue weighted by molar-refractivity contribution is 5.79. The topological polar surface area (TPSA) is 96.5 Å². The van der Waals surface area contributed by atoms with Gasteiger partial charge in [0.05, 0.1) is 29.5 Å². The number of nitro benzene ring substituents is 1. The molecule has 0 unspecified atom stereocenters. The van der Waals surface area contributed by atoms with Crippen molar-refractivity contribution in [2.24, 2.45) is 0 Å². The number of benzene rings is 3. The van der Waals surface area contributed by atoms with Gasteiger partial charge in [-0.2, -0.15) is 0 Å². The lowest BCUT2D eigenvalue weighted by atomic mass is 10.1. The Kier molecular flexibility index (Phi) is 6.87. The van der Waals surface area contributed by atoms with Crippen LogP contribution in [-0.4, -0.2) is 28.2 Å². The van der Waals surface area contributed by atoms with E-state index in [2.05, 4.69) is 0 Å². The number of nitro groups is 1. The molecule has 1 heterocycles. The van der Waals surface area contributed by atoms with E-state index in [0.29, 0.717) is 42.7 Å². The fraction of sp³-hybridized carbons (Fsp3) is 0.231. The van der Waals surface area contributed by atoms with Crippen molar-refractivity contribution >= 4 is 16.6 Å². The molecule has 3 aromatic carbocycles. The van der Waals surface area contributed by atoms with Crippen LogP contribution in [0.4, 0.5) is 5.69 Å². The van der Waals surface area contributed by atoms with Crippen LogP contribution in [0.2, 0.25) is 0 Å². The molecular weight excluding hydrogens is 434 g/mol. The molecule has 0 spiro atoms. The van der Waals surface area contributed by atoms with Crippen LogP contribution >= 0.6 is 0 Å². The maximum absolute atomic E-state index is 13.3. The highest BCUT2D eigenvalue weighted by Crippen LogP contribution is 2.28. The Bertz CT molecular complexity index is 1380. The van der Waals surface area contributed by atoms with Crippen molar-refractivity contribution < 1.29 is 14.4 Å². The first-order chi connectivity index (χ1) is 16.5. The largest absolute Gasteiger partial charge is 0.497 e. The number of methoxy groups -OCH3 is 1. The molecule has 34 heavy (non-hydrogen) atoms. The Morgan fingerprint density at radius 3 is 2.53 bits per heavy atom. The number of ether oxygens (including phenoxy) is 2. The highest BCUT2D eigenvalue weighted by atomic mass is 16.6. The Morgan fingerprint density at radius 2 is 1.79 bits per heavy atom. The number of para-hydroxylation sites is 1. The molecule has 1 aromatic heterocycles. The molecule has 0 aliphatic carbocycles. The first-order valence-electron chi connectivity index (χ1n) is 11.0. The van der Waals surface area contributed by atoms with Gasteiger partial charge in [-0.3, -0.25) is 19.5 Å². The van der Waals surface area contributed by atoms with Crippen LogP contribution in [0.1, 0.15) is 18.4 Å². The Hall–Kier alpha value is -4.20. The Morgan fingerprint density at radius 1 is 1.03 bits per heavy atom. The van der Waals surface area contributed by atoms with Crippen molar-refractivity contribution in [3.8, 4) is 22.9 Å². The maximum Gasteiger partial charge on any atom is 0.311 e. The van der Waals surface area contributed by atoms with Gasteiger partial charge in [-0.1, -0.05) is 18.2 Å². The van der Waals surface area contributed by atoms with E-state index in [1.165, 1.54) is 6.07 Å². The average Bonchev–Trinajstić information content (AvgIpc) is 2.85. The summed E-state index contributed by atoms with van der Waals surface area (Å²) in [5, 5.41) is 11.8. The van der Waals surface area contributed by atoms with Gasteiger partial charge >= 0.3 is 5.69 Å². The monoisotopic (exact) mass is 459 g/mol. The minimum absolute atomic E-state index is 0.0447. The molecule has 0 atom stereocenters. The van der Waals surface area contributed by atoms with Gasteiger partial charge in [0.25, 0.3) is 5.56 Å². The number of rotatable bonds is 9. The summed E-state index contributed by atoms with van der Waals surface area (Å²) in [6.07, 6.45) is 1.26. The zero-order chi connectivity index (χ0) is 24.1. The number of unbranched alkanes of at least 4 members (excludes halogenated alkanes) is 1. The quantitative estimate of drug-likeness (QED) is 0.195. The van der Waals surface area contributed by atoms with Crippen molar-refractivity contribution in [3.05, 3.63) is 92.8 Å². The SMILES string of the molecule is COc1ccc(-c2nc3ccccc3c(=O)n2CCCCOc2ccc(C)cc2[N+](=O)[O-])cc1. The third-order valence-electron chi connectivity index (χ3n) is 5.55. The lowest BCUT2D eigenvalue weighted by molar-refractivity contribution is -0.385. The standard InChI is InChI=1S/C26H25N3O5/c1-18-9-14-24(23(17-18)29(31)32)34-16-6-5-15-28-25(19-10-12-20(33-2)13-11-19)27-22-8-4-3-7-21(22)26(28)30/h3-4,7-14,17H,5-6,15-16H2,1-2H3. The van der Waals surface area contributed by atoms with Crippen molar-refractivity contribution in [1.29, 1.82) is 0 Å². The maximum atomic E-state index is 13.3. The second-order valence-electron chi connectivity index (χ2n) is 7.92. The van der Waals surface area contributed by atoms with E-state index in [9.17, 15) is 14.9 Å². The van der Waals surface area contributed by atoms with Crippen LogP contribution in [-0.2, 0) is 6.54 Å². The van der Waals surface area contributed by atoms with Crippen molar-refractivity contribution in [2.75, 3.05) is 13.7 Å². The molecule has 0 amide bonds. The minimum atomic E-state index is -0.441. The highest BCUT2D eigenvalue weighted by Gasteiger charge is 2.16. The number of hydrogen-bond donors (Lipinski definition) is 0. The second kappa shape index (κ2) is 10.2. The van der Waals surface area contributed by atoms with Gasteiger partial charge in [0.2, 0.25) is 0 Å². The normalized spacial score (nSPS) is 10.9. The molecular formula is C26H25N3O5. The van der Waals surface area contributed by atoms with Crippen molar-refractivity contribution in [2.45, 2.75) is 26.3 Å². The first-order valence-corrected chi connectivity index (χ1v) is 11.0. The van der Waals surface area contributed by atoms with Crippen LogP contribution in [0.15, 0.2) is 71.5 Å². The molecule has 0 aliphatic heterocycles. The smallest absolute Gasteiger partial charge is 0.311 e. The number of hydrogen-bond acceptors (Lipinski definition) is 6. The van der Waals surface area contributed by atoms with Gasteiger partial charge in [0.1, 0.15) is 11.6 Å². The van der Waals surface area contributed by atoms with Gasteiger partial charge in [-0.25, -0.2) is 4.98 Å². The van der Waals surface area contributed by atoms with Gasteiger partial charge < -0.3 is 9.47 Å². The van der Waals surface area contributed by atoms with Crippen LogP contribution < -0.4 is 15.0 Å². The van der Waals surface area contributed by atoms with Gasteiger partial charge in [0.15, 0.2) is 5.75 Å². The molecule has 8 heteroatoms.